The highest BCUT2D eigenvalue weighted by atomic mass is 16.5. The Morgan fingerprint density at radius 1 is 1.29 bits per heavy atom. The molecule has 2 N–H and O–H groups in total. The topological polar surface area (TPSA) is 75.6 Å². The summed E-state index contributed by atoms with van der Waals surface area (Å²) in [5.74, 6) is -0.819. The number of alkyl carbamates (subject to hydrolysis) is 1. The van der Waals surface area contributed by atoms with E-state index in [9.17, 15) is 9.59 Å². The molecule has 0 aliphatic carbocycles. The molecule has 1 amide bonds. The number of unbranched alkanes of at least 4 members (excludes halogenated alkanes) is 2. The van der Waals surface area contributed by atoms with Gasteiger partial charge in [0.05, 0.1) is 6.61 Å². The Morgan fingerprint density at radius 3 is 2.41 bits per heavy atom. The van der Waals surface area contributed by atoms with Gasteiger partial charge in [0.1, 0.15) is 6.04 Å². The van der Waals surface area contributed by atoms with Crippen LogP contribution in [0.3, 0.4) is 0 Å². The van der Waals surface area contributed by atoms with Gasteiger partial charge < -0.3 is 15.2 Å². The molecule has 0 aromatic heterocycles. The van der Waals surface area contributed by atoms with Gasteiger partial charge in [-0.1, -0.05) is 33.6 Å². The maximum atomic E-state index is 11.3. The van der Waals surface area contributed by atoms with Crippen LogP contribution in [-0.4, -0.2) is 29.8 Å². The van der Waals surface area contributed by atoms with E-state index in [1.54, 1.807) is 0 Å². The van der Waals surface area contributed by atoms with Crippen LogP contribution in [0.15, 0.2) is 0 Å². The average Bonchev–Trinajstić information content (AvgIpc) is 2.22. The normalized spacial score (nSPS) is 12.2. The van der Waals surface area contributed by atoms with Crippen molar-refractivity contribution >= 4 is 12.1 Å². The number of aliphatic carboxylic acids is 1. The molecule has 0 rings (SSSR count). The van der Waals surface area contributed by atoms with Gasteiger partial charge in [0.15, 0.2) is 0 Å². The van der Waals surface area contributed by atoms with Gasteiger partial charge in [0, 0.05) is 0 Å². The van der Waals surface area contributed by atoms with E-state index in [-0.39, 0.29) is 5.92 Å². The maximum Gasteiger partial charge on any atom is 0.407 e. The molecule has 0 fully saturated rings. The number of ether oxygens (including phenoxy) is 1. The van der Waals surface area contributed by atoms with Crippen molar-refractivity contribution in [2.75, 3.05) is 6.61 Å². The van der Waals surface area contributed by atoms with Crippen molar-refractivity contribution in [1.82, 2.24) is 5.32 Å². The number of carboxylic acid groups (broad SMARTS) is 1. The first-order chi connectivity index (χ1) is 7.97. The summed E-state index contributed by atoms with van der Waals surface area (Å²) < 4.78 is 4.89. The zero-order valence-electron chi connectivity index (χ0n) is 10.9. The number of hydrogen-bond acceptors (Lipinski definition) is 3. The maximum absolute atomic E-state index is 11.3. The van der Waals surface area contributed by atoms with E-state index in [2.05, 4.69) is 12.2 Å². The Morgan fingerprint density at radius 2 is 1.94 bits per heavy atom. The molecule has 5 nitrogen and oxygen atoms in total. The van der Waals surface area contributed by atoms with Crippen LogP contribution in [0.4, 0.5) is 4.79 Å². The van der Waals surface area contributed by atoms with Crippen molar-refractivity contribution in [2.45, 2.75) is 52.5 Å². The second-order valence-electron chi connectivity index (χ2n) is 4.51. The molecule has 0 saturated heterocycles. The molecule has 0 unspecified atom stereocenters. The van der Waals surface area contributed by atoms with Crippen molar-refractivity contribution in [3.05, 3.63) is 0 Å². The monoisotopic (exact) mass is 245 g/mol. The van der Waals surface area contributed by atoms with Crippen molar-refractivity contribution < 1.29 is 19.4 Å². The third kappa shape index (κ3) is 8.54. The Bertz CT molecular complexity index is 241. The molecule has 0 radical (unpaired) electrons. The van der Waals surface area contributed by atoms with Gasteiger partial charge in [-0.2, -0.15) is 0 Å². The first-order valence-electron chi connectivity index (χ1n) is 6.13. The number of rotatable bonds is 8. The van der Waals surface area contributed by atoms with E-state index in [1.807, 2.05) is 13.8 Å². The van der Waals surface area contributed by atoms with Crippen LogP contribution in [-0.2, 0) is 9.53 Å². The highest BCUT2D eigenvalue weighted by molar-refractivity contribution is 5.79. The minimum atomic E-state index is -1.02. The molecule has 100 valence electrons. The summed E-state index contributed by atoms with van der Waals surface area (Å²) in [5.41, 5.74) is 0. The highest BCUT2D eigenvalue weighted by Gasteiger charge is 2.21. The van der Waals surface area contributed by atoms with Crippen LogP contribution in [0.5, 0.6) is 0 Å². The fraction of sp³-hybridized carbons (Fsp3) is 0.833. The average molecular weight is 245 g/mol. The third-order valence-electron chi connectivity index (χ3n) is 2.28. The van der Waals surface area contributed by atoms with E-state index in [0.717, 1.165) is 19.3 Å². The van der Waals surface area contributed by atoms with E-state index in [4.69, 9.17) is 9.84 Å². The molecule has 0 heterocycles. The van der Waals surface area contributed by atoms with Gasteiger partial charge in [0.2, 0.25) is 0 Å². The summed E-state index contributed by atoms with van der Waals surface area (Å²) in [6.07, 6.45) is 2.62. The molecular formula is C12H23NO4. The molecule has 0 aliphatic heterocycles. The predicted molar refractivity (Wildman–Crippen MR) is 64.9 cm³/mol. The van der Waals surface area contributed by atoms with Gasteiger partial charge in [-0.05, 0) is 18.8 Å². The predicted octanol–water partition coefficient (Wildman–Crippen LogP) is 2.40. The summed E-state index contributed by atoms with van der Waals surface area (Å²) in [6.45, 7) is 6.21. The lowest BCUT2D eigenvalue weighted by molar-refractivity contribution is -0.139. The Balaban J connectivity index is 3.91. The number of carbonyl (C=O) groups excluding carboxylic acids is 1. The van der Waals surface area contributed by atoms with E-state index in [0.29, 0.717) is 13.0 Å². The van der Waals surface area contributed by atoms with Gasteiger partial charge >= 0.3 is 12.1 Å². The first-order valence-corrected chi connectivity index (χ1v) is 6.13. The van der Waals surface area contributed by atoms with Crippen molar-refractivity contribution in [3.8, 4) is 0 Å². The number of carbonyl (C=O) groups is 2. The number of carboxylic acids is 1. The van der Waals surface area contributed by atoms with Crippen LogP contribution in [0.1, 0.15) is 46.5 Å². The Hall–Kier alpha value is -1.26. The molecule has 0 spiro atoms. The highest BCUT2D eigenvalue weighted by Crippen LogP contribution is 2.05. The number of nitrogens with one attached hydrogen (secondary N) is 1. The van der Waals surface area contributed by atoms with Crippen molar-refractivity contribution in [2.24, 2.45) is 5.92 Å². The van der Waals surface area contributed by atoms with E-state index in [1.165, 1.54) is 0 Å². The summed E-state index contributed by atoms with van der Waals surface area (Å²) in [5, 5.41) is 11.3. The van der Waals surface area contributed by atoms with Gasteiger partial charge in [-0.25, -0.2) is 9.59 Å². The smallest absolute Gasteiger partial charge is 0.407 e. The Kier molecular flexibility index (Phi) is 8.19. The molecular weight excluding hydrogens is 222 g/mol. The SMILES string of the molecule is CCCCCOC(=O)N[C@@H](CC(C)C)C(=O)O. The van der Waals surface area contributed by atoms with E-state index >= 15 is 0 Å². The van der Waals surface area contributed by atoms with Gasteiger partial charge in [-0.15, -0.1) is 0 Å². The molecule has 0 aromatic carbocycles. The van der Waals surface area contributed by atoms with Crippen molar-refractivity contribution in [3.63, 3.8) is 0 Å². The van der Waals surface area contributed by atoms with Crippen LogP contribution < -0.4 is 5.32 Å². The van der Waals surface area contributed by atoms with Crippen LogP contribution in [0.25, 0.3) is 0 Å². The summed E-state index contributed by atoms with van der Waals surface area (Å²) in [6, 6.07) is -0.867. The second-order valence-corrected chi connectivity index (χ2v) is 4.51. The van der Waals surface area contributed by atoms with Gasteiger partial charge in [-0.3, -0.25) is 0 Å². The molecule has 0 aromatic rings. The molecule has 0 saturated carbocycles. The minimum Gasteiger partial charge on any atom is -0.480 e. The van der Waals surface area contributed by atoms with Crippen LogP contribution in [0.2, 0.25) is 0 Å². The lowest BCUT2D eigenvalue weighted by Gasteiger charge is -2.16. The van der Waals surface area contributed by atoms with Gasteiger partial charge in [0.25, 0.3) is 0 Å². The second kappa shape index (κ2) is 8.84. The van der Waals surface area contributed by atoms with E-state index < -0.39 is 18.1 Å². The standard InChI is InChI=1S/C12H23NO4/c1-4-5-6-7-17-12(16)13-10(11(14)15)8-9(2)3/h9-10H,4-8H2,1-3H3,(H,13,16)(H,14,15)/t10-/m0/s1. The van der Waals surface area contributed by atoms with Crippen LogP contribution >= 0.6 is 0 Å². The summed E-state index contributed by atoms with van der Waals surface area (Å²) in [4.78, 5) is 22.2. The summed E-state index contributed by atoms with van der Waals surface area (Å²) in [7, 11) is 0. The number of hydrogen-bond donors (Lipinski definition) is 2. The first kappa shape index (κ1) is 15.7. The molecule has 17 heavy (non-hydrogen) atoms. The molecule has 0 aliphatic rings. The zero-order valence-corrected chi connectivity index (χ0v) is 10.9. The fourth-order valence-corrected chi connectivity index (χ4v) is 1.39. The fourth-order valence-electron chi connectivity index (χ4n) is 1.39. The quantitative estimate of drug-likeness (QED) is 0.644. The zero-order chi connectivity index (χ0) is 13.3. The molecule has 5 heteroatoms. The minimum absolute atomic E-state index is 0.205. The third-order valence-corrected chi connectivity index (χ3v) is 2.28. The lowest BCUT2D eigenvalue weighted by Crippen LogP contribution is -2.42. The number of amides is 1. The largest absolute Gasteiger partial charge is 0.480 e. The van der Waals surface area contributed by atoms with Crippen molar-refractivity contribution in [1.29, 1.82) is 0 Å². The summed E-state index contributed by atoms with van der Waals surface area (Å²) >= 11 is 0. The molecule has 1 atom stereocenters. The molecule has 0 bridgehead atoms. The Labute approximate surface area is 103 Å². The van der Waals surface area contributed by atoms with Crippen LogP contribution in [0, 0.1) is 5.92 Å². The lowest BCUT2D eigenvalue weighted by atomic mass is 10.0.